The van der Waals surface area contributed by atoms with Gasteiger partial charge in [-0.05, 0) is 5.56 Å². The molecule has 1 atom stereocenters. The molecule has 21 heavy (non-hydrogen) atoms. The number of β-lactam (4-membered cyclic amide) rings is 1. The molecule has 0 unspecified atom stereocenters. The minimum Gasteiger partial charge on any atom is -0.731 e. The first-order chi connectivity index (χ1) is 9.38. The maximum absolute atomic E-state index is 11.4. The molecule has 1 fully saturated rings. The van der Waals surface area contributed by atoms with E-state index in [1.165, 1.54) is 0 Å². The molecule has 0 radical (unpaired) electrons. The van der Waals surface area contributed by atoms with E-state index >= 15 is 0 Å². The number of nitrogens with zero attached hydrogens (tertiary/aromatic N) is 1. The van der Waals surface area contributed by atoms with Crippen molar-refractivity contribution >= 4 is 22.3 Å². The second-order valence-corrected chi connectivity index (χ2v) is 5.38. The van der Waals surface area contributed by atoms with Crippen molar-refractivity contribution in [3.05, 3.63) is 35.9 Å². The molecule has 1 heterocycles. The van der Waals surface area contributed by atoms with Crippen LogP contribution in [-0.2, 0) is 26.4 Å². The Hall–Kier alpha value is -0.494. The smallest absolute Gasteiger partial charge is 0.731 e. The molecule has 1 aliphatic rings. The van der Waals surface area contributed by atoms with Crippen LogP contribution in [-0.4, -0.2) is 41.9 Å². The van der Waals surface area contributed by atoms with Crippen molar-refractivity contribution in [3.8, 4) is 0 Å². The number of carbonyl (C=O) groups is 2. The summed E-state index contributed by atoms with van der Waals surface area (Å²) < 4.78 is 36.7. The van der Waals surface area contributed by atoms with Gasteiger partial charge in [-0.15, -0.1) is 0 Å². The van der Waals surface area contributed by atoms with Gasteiger partial charge in [0, 0.05) is 0 Å². The van der Waals surface area contributed by atoms with Gasteiger partial charge in [-0.25, -0.2) is 17.5 Å². The van der Waals surface area contributed by atoms with E-state index < -0.39 is 28.3 Å². The summed E-state index contributed by atoms with van der Waals surface area (Å²) in [5.74, 6) is -0.961. The Bertz CT molecular complexity index is 621. The number of carbonyl (C=O) groups excluding carboxylic acids is 2. The molecule has 8 nitrogen and oxygen atoms in total. The fraction of sp³-hybridized carbons (Fsp3) is 0.273. The number of benzene rings is 1. The van der Waals surface area contributed by atoms with Crippen molar-refractivity contribution in [1.29, 1.82) is 0 Å². The van der Waals surface area contributed by atoms with E-state index in [1.807, 2.05) is 6.07 Å². The van der Waals surface area contributed by atoms with Crippen LogP contribution in [0.3, 0.4) is 0 Å². The largest absolute Gasteiger partial charge is 1.00 e. The van der Waals surface area contributed by atoms with Crippen LogP contribution in [0.1, 0.15) is 5.56 Å². The first-order valence-corrected chi connectivity index (χ1v) is 6.99. The molecule has 1 aromatic rings. The summed E-state index contributed by atoms with van der Waals surface area (Å²) in [5, 5.41) is 2.18. The molecule has 0 bridgehead atoms. The zero-order valence-electron chi connectivity index (χ0n) is 11.2. The number of nitrogens with one attached hydrogen (secondary N) is 1. The maximum atomic E-state index is 11.4. The molecular formula is C11H11KN2O6S. The van der Waals surface area contributed by atoms with Gasteiger partial charge in [0.15, 0.2) is 10.3 Å². The Morgan fingerprint density at radius 1 is 1.38 bits per heavy atom. The zero-order valence-corrected chi connectivity index (χ0v) is 15.1. The van der Waals surface area contributed by atoms with Crippen LogP contribution >= 0.6 is 0 Å². The monoisotopic (exact) mass is 338 g/mol. The van der Waals surface area contributed by atoms with E-state index in [0.717, 1.165) is 5.56 Å². The number of hydrogen-bond donors (Lipinski definition) is 1. The summed E-state index contributed by atoms with van der Waals surface area (Å²) >= 11 is 0. The summed E-state index contributed by atoms with van der Waals surface area (Å²) in [7, 11) is -4.80. The second kappa shape index (κ2) is 7.67. The van der Waals surface area contributed by atoms with E-state index in [4.69, 9.17) is 4.74 Å². The molecule has 0 saturated carbocycles. The maximum Gasteiger partial charge on any atom is 1.00 e. The van der Waals surface area contributed by atoms with Gasteiger partial charge in [0.25, 0.3) is 5.91 Å². The van der Waals surface area contributed by atoms with Gasteiger partial charge in [-0.1, -0.05) is 30.3 Å². The molecule has 1 N–H and O–H groups in total. The van der Waals surface area contributed by atoms with E-state index in [1.54, 1.807) is 24.3 Å². The van der Waals surface area contributed by atoms with Crippen LogP contribution in [0.2, 0.25) is 0 Å². The minimum atomic E-state index is -4.80. The van der Waals surface area contributed by atoms with Crippen molar-refractivity contribution in [2.75, 3.05) is 6.54 Å². The van der Waals surface area contributed by atoms with E-state index in [2.05, 4.69) is 5.32 Å². The normalized spacial score (nSPS) is 17.5. The van der Waals surface area contributed by atoms with Crippen molar-refractivity contribution in [2.24, 2.45) is 0 Å². The standard InChI is InChI=1S/C11H12N2O6S.K/c14-10-9(6-13(10)20(16,17)18)12-11(15)19-7-8-4-2-1-3-5-8;/h1-5,9H,6-7H2,(H,12,15)(H,16,17,18);/q;+1/p-1/t9-;/m0./s1. The number of ether oxygens (including phenoxy) is 1. The predicted octanol–water partition coefficient (Wildman–Crippen LogP) is -3.41. The third-order valence-corrected chi connectivity index (χ3v) is 3.54. The van der Waals surface area contributed by atoms with Crippen LogP contribution in [0.4, 0.5) is 4.79 Å². The Morgan fingerprint density at radius 3 is 2.52 bits per heavy atom. The van der Waals surface area contributed by atoms with Crippen molar-refractivity contribution in [3.63, 3.8) is 0 Å². The number of alkyl carbamates (subject to hydrolysis) is 1. The average molecular weight is 338 g/mol. The van der Waals surface area contributed by atoms with Gasteiger partial charge in [-0.2, -0.15) is 0 Å². The number of hydrogen-bond acceptors (Lipinski definition) is 6. The molecule has 1 saturated heterocycles. The Morgan fingerprint density at radius 2 is 2.00 bits per heavy atom. The van der Waals surface area contributed by atoms with Crippen molar-refractivity contribution < 1.29 is 78.7 Å². The third kappa shape index (κ3) is 5.02. The summed E-state index contributed by atoms with van der Waals surface area (Å²) in [6.07, 6.45) is -0.852. The first-order valence-electron chi connectivity index (χ1n) is 5.62. The summed E-state index contributed by atoms with van der Waals surface area (Å²) in [6.45, 7) is -0.345. The van der Waals surface area contributed by atoms with Crippen LogP contribution in [0, 0.1) is 0 Å². The van der Waals surface area contributed by atoms with Crippen LogP contribution in [0.5, 0.6) is 0 Å². The second-order valence-electron chi connectivity index (χ2n) is 4.09. The van der Waals surface area contributed by atoms with E-state index in [9.17, 15) is 22.6 Å². The topological polar surface area (TPSA) is 116 Å². The predicted molar refractivity (Wildman–Crippen MR) is 65.0 cm³/mol. The molecule has 1 aromatic carbocycles. The molecule has 0 aromatic heterocycles. The first kappa shape index (κ1) is 18.6. The summed E-state index contributed by atoms with van der Waals surface area (Å²) in [5.41, 5.74) is 0.770. The van der Waals surface area contributed by atoms with Gasteiger partial charge in [0.2, 0.25) is 0 Å². The zero-order chi connectivity index (χ0) is 14.8. The van der Waals surface area contributed by atoms with Gasteiger partial charge in [0.1, 0.15) is 12.6 Å². The molecular weight excluding hydrogens is 327 g/mol. The molecule has 1 aliphatic heterocycles. The van der Waals surface area contributed by atoms with Gasteiger partial charge < -0.3 is 14.6 Å². The third-order valence-electron chi connectivity index (χ3n) is 2.67. The summed E-state index contributed by atoms with van der Waals surface area (Å²) in [6, 6.07) is 7.85. The minimum absolute atomic E-state index is 0. The molecule has 0 aliphatic carbocycles. The van der Waals surface area contributed by atoms with Gasteiger partial charge in [-0.3, -0.25) is 4.79 Å². The van der Waals surface area contributed by atoms with Gasteiger partial charge in [0.05, 0.1) is 6.54 Å². The number of amides is 2. The Kier molecular flexibility index (Phi) is 6.78. The fourth-order valence-electron chi connectivity index (χ4n) is 1.61. The number of rotatable bonds is 4. The average Bonchev–Trinajstić information content (AvgIpc) is 2.40. The van der Waals surface area contributed by atoms with Crippen molar-refractivity contribution in [2.45, 2.75) is 12.6 Å². The SMILES string of the molecule is O=C(N[C@H]1CN(S(=O)(=O)[O-])C1=O)OCc1ccccc1.[K+]. The quantitative estimate of drug-likeness (QED) is 0.347. The van der Waals surface area contributed by atoms with Crippen LogP contribution in [0.25, 0.3) is 0 Å². The molecule has 108 valence electrons. The van der Waals surface area contributed by atoms with Crippen LogP contribution in [0.15, 0.2) is 30.3 Å². The van der Waals surface area contributed by atoms with Crippen molar-refractivity contribution in [1.82, 2.24) is 9.62 Å². The van der Waals surface area contributed by atoms with E-state index in [0.29, 0.717) is 0 Å². The summed E-state index contributed by atoms with van der Waals surface area (Å²) in [4.78, 5) is 22.7. The molecule has 10 heteroatoms. The van der Waals surface area contributed by atoms with Crippen LogP contribution < -0.4 is 56.7 Å². The Balaban J connectivity index is 0.00000220. The van der Waals surface area contributed by atoms with Gasteiger partial charge >= 0.3 is 57.5 Å². The van der Waals surface area contributed by atoms with E-state index in [-0.39, 0.29) is 68.8 Å². The fourth-order valence-corrected chi connectivity index (χ4v) is 2.29. The molecule has 2 rings (SSSR count). The Labute approximate surface area is 164 Å². The molecule has 2 amide bonds. The molecule has 0 spiro atoms.